The van der Waals surface area contributed by atoms with Crippen molar-refractivity contribution in [1.29, 1.82) is 0 Å². The molecule has 3 aromatic rings. The van der Waals surface area contributed by atoms with Crippen molar-refractivity contribution in [3.05, 3.63) is 60.4 Å². The summed E-state index contributed by atoms with van der Waals surface area (Å²) in [6, 6.07) is 18.4. The average molecular weight is 420 g/mol. The van der Waals surface area contributed by atoms with Gasteiger partial charge in [0.1, 0.15) is 11.6 Å². The molecule has 1 amide bonds. The number of amides is 1. The van der Waals surface area contributed by atoms with Gasteiger partial charge in [-0.2, -0.15) is 0 Å². The number of aryl methyl sites for hydroxylation is 2. The van der Waals surface area contributed by atoms with Crippen LogP contribution in [0.4, 0.5) is 0 Å². The van der Waals surface area contributed by atoms with E-state index in [1.165, 1.54) is 11.3 Å². The topological polar surface area (TPSA) is 56.2 Å². The molecule has 1 heterocycles. The van der Waals surface area contributed by atoms with Crippen LogP contribution in [0.5, 0.6) is 5.75 Å². The first-order chi connectivity index (χ1) is 15.3. The largest absolute Gasteiger partial charge is 0.494 e. The van der Waals surface area contributed by atoms with Crippen molar-refractivity contribution in [2.75, 3.05) is 13.2 Å². The van der Waals surface area contributed by atoms with E-state index in [1.807, 2.05) is 30.3 Å². The van der Waals surface area contributed by atoms with E-state index in [0.29, 0.717) is 5.92 Å². The molecule has 2 aromatic carbocycles. The van der Waals surface area contributed by atoms with E-state index in [4.69, 9.17) is 9.72 Å². The minimum absolute atomic E-state index is 0.248. The molecule has 0 spiro atoms. The standard InChI is InChI=1S/C26H33N3O2/c30-26(21-16-17-21)27-18-8-2-5-15-25-28-23-13-6-7-14-24(23)29(25)19-9-10-20-31-22-11-3-1-4-12-22/h1,3-4,6-7,11-14,21H,2,5,8-10,15-20H2,(H,27,30). The van der Waals surface area contributed by atoms with Crippen LogP contribution in [-0.2, 0) is 17.8 Å². The Bertz CT molecular complexity index is 963. The lowest BCUT2D eigenvalue weighted by atomic mass is 10.2. The van der Waals surface area contributed by atoms with Gasteiger partial charge in [0.05, 0.1) is 17.6 Å². The van der Waals surface area contributed by atoms with Crippen molar-refractivity contribution < 1.29 is 9.53 Å². The molecule has 1 aliphatic carbocycles. The van der Waals surface area contributed by atoms with Crippen molar-refractivity contribution in [2.45, 2.75) is 57.9 Å². The van der Waals surface area contributed by atoms with Crippen molar-refractivity contribution in [3.63, 3.8) is 0 Å². The Labute approximate surface area is 184 Å². The van der Waals surface area contributed by atoms with Crippen LogP contribution in [0.1, 0.15) is 50.8 Å². The van der Waals surface area contributed by atoms with E-state index in [1.54, 1.807) is 0 Å². The van der Waals surface area contributed by atoms with Crippen LogP contribution in [-0.4, -0.2) is 28.6 Å². The summed E-state index contributed by atoms with van der Waals surface area (Å²) in [7, 11) is 0. The molecule has 4 rings (SSSR count). The van der Waals surface area contributed by atoms with Gasteiger partial charge in [-0.1, -0.05) is 36.8 Å². The van der Waals surface area contributed by atoms with Gasteiger partial charge in [-0.25, -0.2) is 4.98 Å². The molecule has 1 saturated carbocycles. The molecule has 1 aromatic heterocycles. The van der Waals surface area contributed by atoms with Crippen LogP contribution in [0.3, 0.4) is 0 Å². The van der Waals surface area contributed by atoms with Crippen LogP contribution in [0.2, 0.25) is 0 Å². The molecule has 0 saturated heterocycles. The van der Waals surface area contributed by atoms with E-state index in [9.17, 15) is 4.79 Å². The number of benzene rings is 2. The lowest BCUT2D eigenvalue weighted by Crippen LogP contribution is -2.25. The number of imidazole rings is 1. The Morgan fingerprint density at radius 3 is 2.61 bits per heavy atom. The first-order valence-electron chi connectivity index (χ1n) is 11.7. The maximum Gasteiger partial charge on any atom is 0.223 e. The van der Waals surface area contributed by atoms with E-state index < -0.39 is 0 Å². The minimum atomic E-state index is 0.248. The van der Waals surface area contributed by atoms with Gasteiger partial charge in [0, 0.05) is 25.4 Å². The molecule has 1 N–H and O–H groups in total. The van der Waals surface area contributed by atoms with Crippen LogP contribution < -0.4 is 10.1 Å². The molecule has 5 heteroatoms. The number of carbonyl (C=O) groups is 1. The quantitative estimate of drug-likeness (QED) is 0.391. The third-order valence-electron chi connectivity index (χ3n) is 5.85. The number of hydrogen-bond acceptors (Lipinski definition) is 3. The zero-order valence-electron chi connectivity index (χ0n) is 18.3. The summed E-state index contributed by atoms with van der Waals surface area (Å²) in [6.45, 7) is 2.50. The summed E-state index contributed by atoms with van der Waals surface area (Å²) in [6.07, 6.45) is 8.44. The molecule has 1 aliphatic rings. The number of nitrogens with one attached hydrogen (secondary N) is 1. The fourth-order valence-electron chi connectivity index (χ4n) is 3.93. The lowest BCUT2D eigenvalue weighted by molar-refractivity contribution is -0.122. The van der Waals surface area contributed by atoms with Gasteiger partial charge >= 0.3 is 0 Å². The van der Waals surface area contributed by atoms with Gasteiger partial charge in [-0.15, -0.1) is 0 Å². The fourth-order valence-corrected chi connectivity index (χ4v) is 3.93. The van der Waals surface area contributed by atoms with Crippen molar-refractivity contribution in [2.24, 2.45) is 5.92 Å². The number of ether oxygens (including phenoxy) is 1. The van der Waals surface area contributed by atoms with E-state index >= 15 is 0 Å². The van der Waals surface area contributed by atoms with E-state index in [2.05, 4.69) is 34.1 Å². The summed E-state index contributed by atoms with van der Waals surface area (Å²) in [4.78, 5) is 16.6. The number of aromatic nitrogens is 2. The van der Waals surface area contributed by atoms with Gasteiger partial charge in [-0.3, -0.25) is 4.79 Å². The van der Waals surface area contributed by atoms with Gasteiger partial charge in [-0.05, 0) is 62.8 Å². The second-order valence-corrected chi connectivity index (χ2v) is 8.41. The molecule has 0 atom stereocenters. The van der Waals surface area contributed by atoms with Gasteiger partial charge in [0.15, 0.2) is 0 Å². The number of fused-ring (bicyclic) bond motifs is 1. The van der Waals surface area contributed by atoms with Gasteiger partial charge in [0.2, 0.25) is 5.91 Å². The second-order valence-electron chi connectivity index (χ2n) is 8.41. The maximum atomic E-state index is 11.7. The summed E-state index contributed by atoms with van der Waals surface area (Å²) in [5.41, 5.74) is 2.30. The molecule has 0 aliphatic heterocycles. The highest BCUT2D eigenvalue weighted by molar-refractivity contribution is 5.80. The van der Waals surface area contributed by atoms with Crippen molar-refractivity contribution in [3.8, 4) is 5.75 Å². The molecule has 1 fully saturated rings. The number of carbonyl (C=O) groups excluding carboxylic acids is 1. The summed E-state index contributed by atoms with van der Waals surface area (Å²) < 4.78 is 8.21. The summed E-state index contributed by atoms with van der Waals surface area (Å²) in [5.74, 6) is 2.66. The third kappa shape index (κ3) is 6.33. The van der Waals surface area contributed by atoms with Crippen LogP contribution in [0.15, 0.2) is 54.6 Å². The Balaban J connectivity index is 1.22. The Morgan fingerprint density at radius 2 is 1.77 bits per heavy atom. The van der Waals surface area contributed by atoms with E-state index in [0.717, 1.165) is 82.3 Å². The molecule has 0 unspecified atom stereocenters. The van der Waals surface area contributed by atoms with Crippen LogP contribution in [0.25, 0.3) is 11.0 Å². The monoisotopic (exact) mass is 419 g/mol. The molecule has 31 heavy (non-hydrogen) atoms. The maximum absolute atomic E-state index is 11.7. The smallest absolute Gasteiger partial charge is 0.223 e. The molecular formula is C26H33N3O2. The number of nitrogens with zero attached hydrogens (tertiary/aromatic N) is 2. The van der Waals surface area contributed by atoms with E-state index in [-0.39, 0.29) is 5.91 Å². The Morgan fingerprint density at radius 1 is 0.968 bits per heavy atom. The zero-order chi connectivity index (χ0) is 21.3. The Hall–Kier alpha value is -2.82. The van der Waals surface area contributed by atoms with Crippen molar-refractivity contribution in [1.82, 2.24) is 14.9 Å². The minimum Gasteiger partial charge on any atom is -0.494 e. The Kier molecular flexibility index (Phi) is 7.59. The summed E-state index contributed by atoms with van der Waals surface area (Å²) >= 11 is 0. The predicted molar refractivity (Wildman–Crippen MR) is 124 cm³/mol. The zero-order valence-corrected chi connectivity index (χ0v) is 18.3. The predicted octanol–water partition coefficient (Wildman–Crippen LogP) is 5.13. The fraction of sp³-hybridized carbons (Fsp3) is 0.462. The highest BCUT2D eigenvalue weighted by Gasteiger charge is 2.28. The highest BCUT2D eigenvalue weighted by Crippen LogP contribution is 2.28. The normalized spacial score (nSPS) is 13.4. The van der Waals surface area contributed by atoms with Gasteiger partial charge in [0.25, 0.3) is 0 Å². The molecule has 0 radical (unpaired) electrons. The lowest BCUT2D eigenvalue weighted by Gasteiger charge is -2.10. The molecular weight excluding hydrogens is 386 g/mol. The molecule has 164 valence electrons. The van der Waals surface area contributed by atoms with Crippen molar-refractivity contribution >= 4 is 16.9 Å². The SMILES string of the molecule is O=C(NCCCCCc1nc2ccccc2n1CCCCOc1ccccc1)C1CC1. The first kappa shape index (κ1) is 21.4. The second kappa shape index (κ2) is 11.0. The number of hydrogen-bond donors (Lipinski definition) is 1. The van der Waals surface area contributed by atoms with Crippen LogP contribution in [0, 0.1) is 5.92 Å². The number of unbranched alkanes of at least 4 members (excludes halogenated alkanes) is 3. The number of rotatable bonds is 13. The molecule has 5 nitrogen and oxygen atoms in total. The molecule has 0 bridgehead atoms. The average Bonchev–Trinajstić information content (AvgIpc) is 3.59. The highest BCUT2D eigenvalue weighted by atomic mass is 16.5. The first-order valence-corrected chi connectivity index (χ1v) is 11.7. The number of para-hydroxylation sites is 3. The third-order valence-corrected chi connectivity index (χ3v) is 5.85. The van der Waals surface area contributed by atoms with Gasteiger partial charge < -0.3 is 14.6 Å². The summed E-state index contributed by atoms with van der Waals surface area (Å²) in [5, 5.41) is 3.06. The van der Waals surface area contributed by atoms with Crippen LogP contribution >= 0.6 is 0 Å².